The zero-order valence-electron chi connectivity index (χ0n) is 11.3. The fourth-order valence-corrected chi connectivity index (χ4v) is 3.90. The van der Waals surface area contributed by atoms with Crippen LogP contribution in [0.15, 0.2) is 9.85 Å². The molecule has 7 heteroatoms. The number of aryl methyl sites for hydroxylation is 1. The number of carbonyl (C=O) groups is 1. The third kappa shape index (κ3) is 4.25. The zero-order valence-corrected chi connectivity index (χ0v) is 14.5. The molecule has 3 N–H and O–H groups in total. The summed E-state index contributed by atoms with van der Waals surface area (Å²) in [5.41, 5.74) is 6.65. The average molecular weight is 376 g/mol. The molecule has 1 fully saturated rings. The van der Waals surface area contributed by atoms with Crippen LogP contribution in [-0.4, -0.2) is 41.5 Å². The maximum absolute atomic E-state index is 12.2. The van der Waals surface area contributed by atoms with E-state index in [0.29, 0.717) is 11.5 Å². The van der Waals surface area contributed by atoms with Crippen LogP contribution in [0.5, 0.6) is 0 Å². The second kappa shape index (κ2) is 6.98. The van der Waals surface area contributed by atoms with Gasteiger partial charge in [-0.15, -0.1) is 11.3 Å². The minimum absolute atomic E-state index is 0.0246. The van der Waals surface area contributed by atoms with Gasteiger partial charge in [-0.2, -0.15) is 0 Å². The summed E-state index contributed by atoms with van der Waals surface area (Å²) >= 11 is 9.85. The second-order valence-corrected chi connectivity index (χ2v) is 7.95. The smallest absolute Gasteiger partial charge is 0.261 e. The van der Waals surface area contributed by atoms with Crippen LogP contribution in [0.2, 0.25) is 0 Å². The number of carbonyl (C=O) groups excluding carboxylic acids is 1. The van der Waals surface area contributed by atoms with Crippen molar-refractivity contribution in [3.8, 4) is 0 Å². The zero-order chi connectivity index (χ0) is 14.7. The number of hydrogen-bond donors (Lipinski definition) is 2. The summed E-state index contributed by atoms with van der Waals surface area (Å²) in [4.78, 5) is 15.7. The molecule has 0 bridgehead atoms. The number of thiocarbonyl (C=S) groups is 1. The summed E-state index contributed by atoms with van der Waals surface area (Å²) < 4.78 is 1.02. The Kier molecular flexibility index (Phi) is 5.54. The molecule has 2 rings (SSSR count). The largest absolute Gasteiger partial charge is 0.392 e. The molecule has 0 aliphatic carbocycles. The highest BCUT2D eigenvalue weighted by molar-refractivity contribution is 9.11. The van der Waals surface area contributed by atoms with Gasteiger partial charge in [0.05, 0.1) is 13.7 Å². The molecule has 20 heavy (non-hydrogen) atoms. The first kappa shape index (κ1) is 15.9. The van der Waals surface area contributed by atoms with Crippen LogP contribution < -0.4 is 11.1 Å². The van der Waals surface area contributed by atoms with Crippen LogP contribution in [0.3, 0.4) is 0 Å². The van der Waals surface area contributed by atoms with Gasteiger partial charge in [0.2, 0.25) is 0 Å². The van der Waals surface area contributed by atoms with Gasteiger partial charge in [-0.25, -0.2) is 0 Å². The van der Waals surface area contributed by atoms with Crippen LogP contribution in [0.25, 0.3) is 0 Å². The molecule has 1 aromatic rings. The Balaban J connectivity index is 1.83. The number of rotatable bonds is 4. The van der Waals surface area contributed by atoms with Gasteiger partial charge < -0.3 is 11.1 Å². The van der Waals surface area contributed by atoms with Gasteiger partial charge in [-0.1, -0.05) is 12.2 Å². The van der Waals surface area contributed by atoms with E-state index in [-0.39, 0.29) is 11.9 Å². The molecular formula is C13H18BrN3OS2. The summed E-state index contributed by atoms with van der Waals surface area (Å²) in [5, 5.41) is 3.11. The van der Waals surface area contributed by atoms with E-state index >= 15 is 0 Å². The van der Waals surface area contributed by atoms with Crippen LogP contribution in [0, 0.1) is 6.92 Å². The fourth-order valence-electron chi connectivity index (χ4n) is 2.28. The molecule has 4 nitrogen and oxygen atoms in total. The van der Waals surface area contributed by atoms with E-state index in [1.54, 1.807) is 0 Å². The summed E-state index contributed by atoms with van der Waals surface area (Å²) in [7, 11) is 0. The standard InChI is InChI=1S/C13H18BrN3OS2/c1-8-6-10(20-12(8)14)13(18)16-9-2-4-17(5-3-9)7-11(15)19/h6,9H,2-5,7H2,1H3,(H2,15,19)(H,16,18). The number of nitrogens with two attached hydrogens (primary N) is 1. The maximum Gasteiger partial charge on any atom is 0.261 e. The lowest BCUT2D eigenvalue weighted by Gasteiger charge is -2.31. The van der Waals surface area contributed by atoms with Crippen molar-refractivity contribution in [2.24, 2.45) is 5.73 Å². The molecule has 0 unspecified atom stereocenters. The Morgan fingerprint density at radius 3 is 2.75 bits per heavy atom. The lowest BCUT2D eigenvalue weighted by Crippen LogP contribution is -2.46. The van der Waals surface area contributed by atoms with Gasteiger partial charge in [0.25, 0.3) is 5.91 Å². The molecule has 0 spiro atoms. The van der Waals surface area contributed by atoms with Crippen LogP contribution in [0.4, 0.5) is 0 Å². The summed E-state index contributed by atoms with van der Waals surface area (Å²) in [6, 6.07) is 2.16. The van der Waals surface area contributed by atoms with E-state index < -0.39 is 0 Å². The van der Waals surface area contributed by atoms with E-state index in [9.17, 15) is 4.79 Å². The van der Waals surface area contributed by atoms with Gasteiger partial charge in [0.1, 0.15) is 0 Å². The van der Waals surface area contributed by atoms with Crippen molar-refractivity contribution >= 4 is 50.4 Å². The number of nitrogens with one attached hydrogen (secondary N) is 1. The summed E-state index contributed by atoms with van der Waals surface area (Å²) in [5.74, 6) is 0.0246. The quantitative estimate of drug-likeness (QED) is 0.792. The van der Waals surface area contributed by atoms with Crippen molar-refractivity contribution in [2.75, 3.05) is 19.6 Å². The molecule has 110 valence electrons. The monoisotopic (exact) mass is 375 g/mol. The molecule has 0 atom stereocenters. The van der Waals surface area contributed by atoms with E-state index in [4.69, 9.17) is 18.0 Å². The molecule has 1 aliphatic rings. The Morgan fingerprint density at radius 1 is 1.60 bits per heavy atom. The number of likely N-dealkylation sites (tertiary alicyclic amines) is 1. The Bertz CT molecular complexity index is 490. The van der Waals surface area contributed by atoms with Crippen molar-refractivity contribution in [1.29, 1.82) is 0 Å². The highest BCUT2D eigenvalue weighted by Crippen LogP contribution is 2.27. The van der Waals surface area contributed by atoms with Crippen molar-refractivity contribution in [3.63, 3.8) is 0 Å². The van der Waals surface area contributed by atoms with Gasteiger partial charge in [0, 0.05) is 25.7 Å². The number of halogens is 1. The first-order valence-electron chi connectivity index (χ1n) is 6.53. The van der Waals surface area contributed by atoms with Crippen molar-refractivity contribution in [3.05, 3.63) is 20.3 Å². The van der Waals surface area contributed by atoms with Crippen LogP contribution in [-0.2, 0) is 0 Å². The predicted octanol–water partition coefficient (Wildman–Crippen LogP) is 2.30. The molecular weight excluding hydrogens is 358 g/mol. The number of thiophene rings is 1. The summed E-state index contributed by atoms with van der Waals surface area (Å²) in [6.45, 7) is 4.52. The first-order chi connectivity index (χ1) is 9.45. The lowest BCUT2D eigenvalue weighted by atomic mass is 10.0. The molecule has 1 aliphatic heterocycles. The average Bonchev–Trinajstić information content (AvgIpc) is 2.71. The fraction of sp³-hybridized carbons (Fsp3) is 0.538. The summed E-state index contributed by atoms with van der Waals surface area (Å²) in [6.07, 6.45) is 1.89. The van der Waals surface area contributed by atoms with Crippen LogP contribution >= 0.6 is 39.5 Å². The SMILES string of the molecule is Cc1cc(C(=O)NC2CCN(CC(N)=S)CC2)sc1Br. The van der Waals surface area contributed by atoms with Crippen molar-refractivity contribution in [1.82, 2.24) is 10.2 Å². The van der Waals surface area contributed by atoms with Crippen molar-refractivity contribution in [2.45, 2.75) is 25.8 Å². The number of hydrogen-bond acceptors (Lipinski definition) is 4. The van der Waals surface area contributed by atoms with Crippen LogP contribution in [0.1, 0.15) is 28.1 Å². The number of piperidine rings is 1. The van der Waals surface area contributed by atoms with E-state index in [0.717, 1.165) is 40.2 Å². The maximum atomic E-state index is 12.2. The lowest BCUT2D eigenvalue weighted by molar-refractivity contribution is 0.0919. The molecule has 0 aromatic carbocycles. The topological polar surface area (TPSA) is 58.4 Å². The van der Waals surface area contributed by atoms with Gasteiger partial charge in [-0.05, 0) is 47.3 Å². The van der Waals surface area contributed by atoms with E-state index in [1.165, 1.54) is 11.3 Å². The minimum atomic E-state index is 0.0246. The molecule has 2 heterocycles. The Morgan fingerprint density at radius 2 is 2.25 bits per heavy atom. The van der Waals surface area contributed by atoms with Crippen molar-refractivity contribution < 1.29 is 4.79 Å². The molecule has 0 saturated carbocycles. The highest BCUT2D eigenvalue weighted by Gasteiger charge is 2.22. The van der Waals surface area contributed by atoms with E-state index in [1.807, 2.05) is 13.0 Å². The first-order valence-corrected chi connectivity index (χ1v) is 8.55. The van der Waals surface area contributed by atoms with Gasteiger partial charge >= 0.3 is 0 Å². The van der Waals surface area contributed by atoms with E-state index in [2.05, 4.69) is 26.1 Å². The third-order valence-electron chi connectivity index (χ3n) is 3.38. The van der Waals surface area contributed by atoms with Gasteiger partial charge in [-0.3, -0.25) is 9.69 Å². The number of nitrogens with zero attached hydrogens (tertiary/aromatic N) is 1. The Labute approximate surface area is 136 Å². The normalized spacial score (nSPS) is 17.1. The highest BCUT2D eigenvalue weighted by atomic mass is 79.9. The molecule has 1 saturated heterocycles. The van der Waals surface area contributed by atoms with Gasteiger partial charge in [0.15, 0.2) is 0 Å². The molecule has 1 aromatic heterocycles. The Hall–Kier alpha value is -0.500. The third-order valence-corrected chi connectivity index (χ3v) is 5.65. The molecule has 0 radical (unpaired) electrons. The second-order valence-electron chi connectivity index (χ2n) is 5.06. The predicted molar refractivity (Wildman–Crippen MR) is 90.5 cm³/mol. The minimum Gasteiger partial charge on any atom is -0.392 e. The number of amides is 1. The molecule has 1 amide bonds.